The van der Waals surface area contributed by atoms with E-state index in [9.17, 15) is 0 Å². The molecule has 0 radical (unpaired) electrons. The first-order valence-corrected chi connectivity index (χ1v) is 17.4. The molecule has 0 saturated carbocycles. The van der Waals surface area contributed by atoms with Crippen LogP contribution < -0.4 is 5.84 Å². The van der Waals surface area contributed by atoms with Crippen LogP contribution in [0.2, 0.25) is 0 Å². The number of hydrogen-bond donors (Lipinski definition) is 1. The van der Waals surface area contributed by atoms with Gasteiger partial charge in [-0.3, -0.25) is 9.67 Å². The summed E-state index contributed by atoms with van der Waals surface area (Å²) >= 11 is 0. The number of nitrogens with zero attached hydrogens (tertiary/aromatic N) is 4. The summed E-state index contributed by atoms with van der Waals surface area (Å²) in [6.07, 6.45) is 9.22. The first-order chi connectivity index (χ1) is 25.1. The van der Waals surface area contributed by atoms with Crippen molar-refractivity contribution in [3.05, 3.63) is 186 Å². The number of fused-ring (bicyclic) bond motifs is 6. The van der Waals surface area contributed by atoms with Crippen LogP contribution in [0.4, 0.5) is 0 Å². The number of rotatable bonds is 8. The summed E-state index contributed by atoms with van der Waals surface area (Å²) in [5.74, 6) is 7.37. The fourth-order valence-corrected chi connectivity index (χ4v) is 6.97. The third-order valence-electron chi connectivity index (χ3n) is 9.55. The van der Waals surface area contributed by atoms with E-state index in [1.165, 1.54) is 16.3 Å². The second kappa shape index (κ2) is 13.8. The molecule has 6 aromatic carbocycles. The number of nitrogens with two attached hydrogens (primary N) is 1. The minimum absolute atomic E-state index is 0.512. The lowest BCUT2D eigenvalue weighted by molar-refractivity contribution is 1.05. The molecule has 0 bridgehead atoms. The number of aromatic nitrogens is 2. The van der Waals surface area contributed by atoms with Crippen LogP contribution in [0.15, 0.2) is 174 Å². The molecule has 8 aromatic rings. The van der Waals surface area contributed by atoms with Gasteiger partial charge in [0.15, 0.2) is 5.84 Å². The quantitative estimate of drug-likeness (QED) is 0.0749. The van der Waals surface area contributed by atoms with Gasteiger partial charge in [-0.1, -0.05) is 121 Å². The van der Waals surface area contributed by atoms with E-state index in [4.69, 9.17) is 15.8 Å². The van der Waals surface area contributed by atoms with Crippen LogP contribution in [0.5, 0.6) is 0 Å². The third kappa shape index (κ3) is 6.15. The molecule has 0 amide bonds. The Bertz CT molecular complexity index is 2650. The third-order valence-corrected chi connectivity index (χ3v) is 9.55. The smallest absolute Gasteiger partial charge is 0.155 e. The van der Waals surface area contributed by atoms with Crippen molar-refractivity contribution in [3.63, 3.8) is 0 Å². The zero-order chi connectivity index (χ0) is 34.7. The number of para-hydroxylation sites is 2. The maximum atomic E-state index is 6.65. The standard InChI is InChI=1S/C46H39N5/c1-3-4-5-7-15-33-16-14-19-36(28-33)32(2)49-46(35-17-8-6-9-18-35)48-31-34-24-26-37(27-25-34)50-42-22-12-10-20-38(42)40-29-41-39-21-11-13-23-43(39)51(47)45(41)30-44(40)50/h3-14,16-30H,15,31,47H2,1-2H3/b4-3-,7-5-,48-46?,49-32?. The molecule has 5 heteroatoms. The van der Waals surface area contributed by atoms with Crippen LogP contribution >= 0.6 is 0 Å². The maximum absolute atomic E-state index is 6.65. The Kier molecular flexibility index (Phi) is 8.61. The fourth-order valence-electron chi connectivity index (χ4n) is 6.97. The normalized spacial score (nSPS) is 12.8. The van der Waals surface area contributed by atoms with E-state index < -0.39 is 0 Å². The van der Waals surface area contributed by atoms with Crippen molar-refractivity contribution in [1.82, 2.24) is 9.24 Å². The number of aliphatic imine (C=N–C) groups is 2. The van der Waals surface area contributed by atoms with Gasteiger partial charge in [0.2, 0.25) is 0 Å². The van der Waals surface area contributed by atoms with Gasteiger partial charge in [-0.05, 0) is 79.4 Å². The molecule has 51 heavy (non-hydrogen) atoms. The Morgan fingerprint density at radius 3 is 2.08 bits per heavy atom. The summed E-state index contributed by atoms with van der Waals surface area (Å²) in [5, 5.41) is 4.75. The van der Waals surface area contributed by atoms with Crippen LogP contribution in [0.1, 0.15) is 36.1 Å². The van der Waals surface area contributed by atoms with Crippen molar-refractivity contribution < 1.29 is 0 Å². The van der Waals surface area contributed by atoms with Crippen molar-refractivity contribution in [2.45, 2.75) is 26.8 Å². The first kappa shape index (κ1) is 31.8. The van der Waals surface area contributed by atoms with Gasteiger partial charge in [-0.15, -0.1) is 0 Å². The topological polar surface area (TPSA) is 60.6 Å². The summed E-state index contributed by atoms with van der Waals surface area (Å²) in [7, 11) is 0. The Morgan fingerprint density at radius 1 is 0.608 bits per heavy atom. The number of nitrogen functional groups attached to an aromatic ring is 1. The van der Waals surface area contributed by atoms with Gasteiger partial charge in [0.25, 0.3) is 0 Å². The highest BCUT2D eigenvalue weighted by molar-refractivity contribution is 6.18. The predicted molar refractivity (Wildman–Crippen MR) is 217 cm³/mol. The second-order valence-corrected chi connectivity index (χ2v) is 12.9. The van der Waals surface area contributed by atoms with Gasteiger partial charge in [-0.2, -0.15) is 0 Å². The van der Waals surface area contributed by atoms with Gasteiger partial charge in [0, 0.05) is 38.5 Å². The highest BCUT2D eigenvalue weighted by atomic mass is 15.3. The lowest BCUT2D eigenvalue weighted by Crippen LogP contribution is -2.06. The Balaban J connectivity index is 1.13. The molecule has 0 fully saturated rings. The molecule has 2 aromatic heterocycles. The van der Waals surface area contributed by atoms with E-state index in [0.29, 0.717) is 6.54 Å². The summed E-state index contributed by atoms with van der Waals surface area (Å²) in [4.78, 5) is 10.1. The monoisotopic (exact) mass is 661 g/mol. The molecule has 0 spiro atoms. The second-order valence-electron chi connectivity index (χ2n) is 12.9. The zero-order valence-corrected chi connectivity index (χ0v) is 28.9. The van der Waals surface area contributed by atoms with Crippen LogP contribution in [0.25, 0.3) is 49.3 Å². The Morgan fingerprint density at radius 2 is 1.29 bits per heavy atom. The molecule has 0 aliphatic heterocycles. The van der Waals surface area contributed by atoms with E-state index in [1.807, 2.05) is 41.9 Å². The molecular formula is C46H39N5. The molecule has 0 unspecified atom stereocenters. The van der Waals surface area contributed by atoms with Crippen LogP contribution in [0.3, 0.4) is 0 Å². The Labute approximate surface area is 298 Å². The summed E-state index contributed by atoms with van der Waals surface area (Å²) in [5.41, 5.74) is 10.8. The summed E-state index contributed by atoms with van der Waals surface area (Å²) < 4.78 is 4.14. The van der Waals surface area contributed by atoms with Crippen LogP contribution in [0, 0.1) is 0 Å². The lowest BCUT2D eigenvalue weighted by Gasteiger charge is -2.10. The first-order valence-electron chi connectivity index (χ1n) is 17.4. The van der Waals surface area contributed by atoms with Crippen molar-refractivity contribution in [3.8, 4) is 5.69 Å². The summed E-state index contributed by atoms with van der Waals surface area (Å²) in [6.45, 7) is 4.60. The SMILES string of the molecule is C/C=C\C=C/Cc1cccc(C(C)=NC(=NCc2ccc(-n3c4ccccc4c4cc5c6ccccc6n(N)c5cc43)cc2)c2ccccc2)c1. The van der Waals surface area contributed by atoms with E-state index in [2.05, 4.69) is 145 Å². The highest BCUT2D eigenvalue weighted by Crippen LogP contribution is 2.37. The molecule has 0 saturated heterocycles. The summed E-state index contributed by atoms with van der Waals surface area (Å²) in [6, 6.07) is 49.0. The van der Waals surface area contributed by atoms with Gasteiger partial charge in [0.05, 0.1) is 28.6 Å². The molecule has 0 aliphatic carbocycles. The number of hydrogen-bond acceptors (Lipinski definition) is 2. The van der Waals surface area contributed by atoms with E-state index >= 15 is 0 Å². The van der Waals surface area contributed by atoms with Crippen LogP contribution in [-0.2, 0) is 13.0 Å². The minimum atomic E-state index is 0.512. The van der Waals surface area contributed by atoms with Crippen molar-refractivity contribution >= 4 is 55.2 Å². The minimum Gasteiger partial charge on any atom is -0.339 e. The molecule has 0 atom stereocenters. The number of benzene rings is 6. The van der Waals surface area contributed by atoms with Crippen molar-refractivity contribution in [2.24, 2.45) is 9.98 Å². The molecule has 248 valence electrons. The number of amidine groups is 1. The Hall–Kier alpha value is -6.46. The highest BCUT2D eigenvalue weighted by Gasteiger charge is 2.17. The van der Waals surface area contributed by atoms with Gasteiger partial charge < -0.3 is 10.4 Å². The van der Waals surface area contributed by atoms with E-state index in [0.717, 1.165) is 73.2 Å². The predicted octanol–water partition coefficient (Wildman–Crippen LogP) is 10.7. The molecular weight excluding hydrogens is 623 g/mol. The molecule has 8 rings (SSSR count). The maximum Gasteiger partial charge on any atom is 0.155 e. The van der Waals surface area contributed by atoms with Crippen molar-refractivity contribution in [2.75, 3.05) is 5.84 Å². The molecule has 2 N–H and O–H groups in total. The van der Waals surface area contributed by atoms with Gasteiger partial charge in [-0.25, -0.2) is 4.99 Å². The molecule has 2 heterocycles. The lowest BCUT2D eigenvalue weighted by atomic mass is 10.0. The van der Waals surface area contributed by atoms with E-state index in [-0.39, 0.29) is 0 Å². The van der Waals surface area contributed by atoms with Gasteiger partial charge in [0.1, 0.15) is 0 Å². The average Bonchev–Trinajstić information content (AvgIpc) is 3.65. The largest absolute Gasteiger partial charge is 0.339 e. The van der Waals surface area contributed by atoms with E-state index in [1.54, 1.807) is 0 Å². The zero-order valence-electron chi connectivity index (χ0n) is 28.9. The van der Waals surface area contributed by atoms with Crippen molar-refractivity contribution in [1.29, 1.82) is 0 Å². The molecule has 5 nitrogen and oxygen atoms in total. The van der Waals surface area contributed by atoms with Gasteiger partial charge >= 0.3 is 0 Å². The fraction of sp³-hybridized carbons (Fsp3) is 0.0870. The average molecular weight is 662 g/mol. The number of allylic oxidation sites excluding steroid dienone is 4. The molecule has 0 aliphatic rings. The van der Waals surface area contributed by atoms with Crippen LogP contribution in [-0.4, -0.2) is 20.8 Å².